The molecule has 0 aliphatic heterocycles. The summed E-state index contributed by atoms with van der Waals surface area (Å²) in [4.78, 5) is 31.1. The van der Waals surface area contributed by atoms with Crippen LogP contribution >= 0.6 is 22.9 Å². The van der Waals surface area contributed by atoms with Gasteiger partial charge in [-0.15, -0.1) is 11.3 Å². The Morgan fingerprint density at radius 2 is 2.04 bits per heavy atom. The highest BCUT2D eigenvalue weighted by Gasteiger charge is 2.14. The first-order chi connectivity index (χ1) is 11.3. The third kappa shape index (κ3) is 3.20. The molecule has 0 aliphatic rings. The molecule has 0 spiro atoms. The molecule has 0 aliphatic carbocycles. The van der Waals surface area contributed by atoms with Gasteiger partial charge in [-0.05, 0) is 44.5 Å². The third-order valence-electron chi connectivity index (χ3n) is 3.74. The van der Waals surface area contributed by atoms with Gasteiger partial charge < -0.3 is 5.32 Å². The quantitative estimate of drug-likeness (QED) is 0.774. The van der Waals surface area contributed by atoms with Crippen LogP contribution in [0.25, 0.3) is 10.2 Å². The zero-order valence-corrected chi connectivity index (χ0v) is 15.1. The Bertz CT molecular complexity index is 1010. The Balaban J connectivity index is 1.90. The van der Waals surface area contributed by atoms with Crippen molar-refractivity contribution < 1.29 is 4.79 Å². The zero-order valence-electron chi connectivity index (χ0n) is 13.5. The Hall–Kier alpha value is -2.18. The molecule has 0 atom stereocenters. The number of thiophene rings is 1. The molecule has 0 saturated carbocycles. The monoisotopic (exact) mass is 361 g/mol. The van der Waals surface area contributed by atoms with E-state index in [0.29, 0.717) is 26.8 Å². The maximum atomic E-state index is 12.6. The molecule has 0 radical (unpaired) electrons. The highest BCUT2D eigenvalue weighted by atomic mass is 35.5. The van der Waals surface area contributed by atoms with Gasteiger partial charge in [-0.3, -0.25) is 14.2 Å². The van der Waals surface area contributed by atoms with E-state index in [-0.39, 0.29) is 18.0 Å². The predicted molar refractivity (Wildman–Crippen MR) is 98.2 cm³/mol. The van der Waals surface area contributed by atoms with Crippen LogP contribution in [-0.4, -0.2) is 15.5 Å². The van der Waals surface area contributed by atoms with Crippen LogP contribution in [0, 0.1) is 20.8 Å². The molecule has 0 bridgehead atoms. The van der Waals surface area contributed by atoms with Crippen LogP contribution in [0.2, 0.25) is 5.02 Å². The number of rotatable bonds is 3. The van der Waals surface area contributed by atoms with E-state index in [9.17, 15) is 9.59 Å². The van der Waals surface area contributed by atoms with Gasteiger partial charge in [0.15, 0.2) is 0 Å². The molecular formula is C17H16ClN3O2S. The molecule has 3 rings (SSSR count). The Labute approximate surface area is 147 Å². The van der Waals surface area contributed by atoms with Crippen LogP contribution in [0.1, 0.15) is 16.3 Å². The van der Waals surface area contributed by atoms with Crippen molar-refractivity contribution in [1.82, 2.24) is 9.55 Å². The van der Waals surface area contributed by atoms with Gasteiger partial charge in [-0.2, -0.15) is 0 Å². The Morgan fingerprint density at radius 1 is 1.29 bits per heavy atom. The molecule has 0 unspecified atom stereocenters. The standard InChI is InChI=1S/C17H16ClN3O2S/c1-9-4-5-12(18)7-14(9)20-15(22)8-21-11(3)19-16-13(17(21)23)6-10(2)24-16/h4-7H,8H2,1-3H3,(H,20,22). The molecule has 124 valence electrons. The maximum absolute atomic E-state index is 12.6. The number of carbonyl (C=O) groups is 1. The first kappa shape index (κ1) is 16.7. The van der Waals surface area contributed by atoms with Crippen molar-refractivity contribution in [3.63, 3.8) is 0 Å². The lowest BCUT2D eigenvalue weighted by atomic mass is 10.2. The molecule has 7 heteroatoms. The Morgan fingerprint density at radius 3 is 2.79 bits per heavy atom. The summed E-state index contributed by atoms with van der Waals surface area (Å²) in [5.74, 6) is 0.228. The molecule has 0 saturated heterocycles. The summed E-state index contributed by atoms with van der Waals surface area (Å²) in [6.45, 7) is 5.45. The SMILES string of the molecule is Cc1cc2c(=O)n(CC(=O)Nc3cc(Cl)ccc3C)c(C)nc2s1. The first-order valence-electron chi connectivity index (χ1n) is 7.39. The topological polar surface area (TPSA) is 64.0 Å². The van der Waals surface area contributed by atoms with Gasteiger partial charge in [-0.1, -0.05) is 17.7 Å². The molecule has 0 fully saturated rings. The fourth-order valence-electron chi connectivity index (χ4n) is 2.49. The molecule has 5 nitrogen and oxygen atoms in total. The summed E-state index contributed by atoms with van der Waals surface area (Å²) < 4.78 is 1.39. The molecule has 2 aromatic heterocycles. The fraction of sp³-hybridized carbons (Fsp3) is 0.235. The van der Waals surface area contributed by atoms with Gasteiger partial charge in [0.05, 0.1) is 5.39 Å². The highest BCUT2D eigenvalue weighted by molar-refractivity contribution is 7.18. The number of aryl methyl sites for hydroxylation is 3. The van der Waals surface area contributed by atoms with Gasteiger partial charge in [0.2, 0.25) is 5.91 Å². The van der Waals surface area contributed by atoms with E-state index in [1.54, 1.807) is 19.1 Å². The number of halogens is 1. The minimum Gasteiger partial charge on any atom is -0.324 e. The molecule has 1 N–H and O–H groups in total. The predicted octanol–water partition coefficient (Wildman–Crippen LogP) is 3.68. The number of carbonyl (C=O) groups excluding carboxylic acids is 1. The summed E-state index contributed by atoms with van der Waals surface area (Å²) in [6, 6.07) is 7.09. The number of hydrogen-bond donors (Lipinski definition) is 1. The Kier molecular flexibility index (Phi) is 4.43. The number of hydrogen-bond acceptors (Lipinski definition) is 4. The van der Waals surface area contributed by atoms with Gasteiger partial charge in [0.1, 0.15) is 17.2 Å². The summed E-state index contributed by atoms with van der Waals surface area (Å²) in [5.41, 5.74) is 1.34. The second-order valence-corrected chi connectivity index (χ2v) is 7.30. The van der Waals surface area contributed by atoms with E-state index >= 15 is 0 Å². The van der Waals surface area contributed by atoms with Crippen LogP contribution < -0.4 is 10.9 Å². The van der Waals surface area contributed by atoms with Crippen molar-refractivity contribution in [2.24, 2.45) is 0 Å². The van der Waals surface area contributed by atoms with Crippen molar-refractivity contribution in [3.8, 4) is 0 Å². The lowest BCUT2D eigenvalue weighted by molar-refractivity contribution is -0.116. The van der Waals surface area contributed by atoms with E-state index in [0.717, 1.165) is 10.4 Å². The van der Waals surface area contributed by atoms with E-state index < -0.39 is 0 Å². The minimum atomic E-state index is -0.293. The molecule has 1 aromatic carbocycles. The maximum Gasteiger partial charge on any atom is 0.262 e. The number of nitrogens with one attached hydrogen (secondary N) is 1. The van der Waals surface area contributed by atoms with Gasteiger partial charge in [-0.25, -0.2) is 4.98 Å². The fourth-order valence-corrected chi connectivity index (χ4v) is 3.57. The number of anilines is 1. The largest absolute Gasteiger partial charge is 0.324 e. The minimum absolute atomic E-state index is 0.0888. The van der Waals surface area contributed by atoms with Crippen molar-refractivity contribution in [2.75, 3.05) is 5.32 Å². The summed E-state index contributed by atoms with van der Waals surface area (Å²) in [6.07, 6.45) is 0. The molecule has 2 heterocycles. The lowest BCUT2D eigenvalue weighted by Crippen LogP contribution is -2.30. The van der Waals surface area contributed by atoms with Crippen LogP contribution in [0.5, 0.6) is 0 Å². The molecule has 1 amide bonds. The van der Waals surface area contributed by atoms with Crippen LogP contribution in [0.3, 0.4) is 0 Å². The normalized spacial score (nSPS) is 11.0. The molecular weight excluding hydrogens is 346 g/mol. The number of nitrogens with zero attached hydrogens (tertiary/aromatic N) is 2. The first-order valence-corrected chi connectivity index (χ1v) is 8.58. The van der Waals surface area contributed by atoms with Gasteiger partial charge in [0, 0.05) is 15.6 Å². The number of amides is 1. The highest BCUT2D eigenvalue weighted by Crippen LogP contribution is 2.21. The number of fused-ring (bicyclic) bond motifs is 1. The van der Waals surface area contributed by atoms with Gasteiger partial charge in [0.25, 0.3) is 5.56 Å². The number of aromatic nitrogens is 2. The van der Waals surface area contributed by atoms with Crippen molar-refractivity contribution in [1.29, 1.82) is 0 Å². The number of benzene rings is 1. The van der Waals surface area contributed by atoms with E-state index in [2.05, 4.69) is 10.3 Å². The molecule has 24 heavy (non-hydrogen) atoms. The second kappa shape index (κ2) is 6.37. The smallest absolute Gasteiger partial charge is 0.262 e. The van der Waals surface area contributed by atoms with Gasteiger partial charge >= 0.3 is 0 Å². The summed E-state index contributed by atoms with van der Waals surface area (Å²) >= 11 is 7.44. The zero-order chi connectivity index (χ0) is 17.4. The average Bonchev–Trinajstić information content (AvgIpc) is 2.88. The van der Waals surface area contributed by atoms with Crippen LogP contribution in [0.4, 0.5) is 5.69 Å². The van der Waals surface area contributed by atoms with Crippen molar-refractivity contribution in [2.45, 2.75) is 27.3 Å². The summed E-state index contributed by atoms with van der Waals surface area (Å²) in [7, 11) is 0. The van der Waals surface area contributed by atoms with E-state index in [1.807, 2.05) is 26.0 Å². The lowest BCUT2D eigenvalue weighted by Gasteiger charge is -2.11. The average molecular weight is 362 g/mol. The van der Waals surface area contributed by atoms with E-state index in [4.69, 9.17) is 11.6 Å². The van der Waals surface area contributed by atoms with Crippen LogP contribution in [-0.2, 0) is 11.3 Å². The van der Waals surface area contributed by atoms with Crippen molar-refractivity contribution in [3.05, 3.63) is 55.9 Å². The summed E-state index contributed by atoms with van der Waals surface area (Å²) in [5, 5.41) is 3.89. The van der Waals surface area contributed by atoms with Crippen molar-refractivity contribution >= 4 is 44.7 Å². The second-order valence-electron chi connectivity index (χ2n) is 5.63. The van der Waals surface area contributed by atoms with Crippen LogP contribution in [0.15, 0.2) is 29.1 Å². The molecule has 3 aromatic rings. The van der Waals surface area contributed by atoms with E-state index in [1.165, 1.54) is 15.9 Å². The third-order valence-corrected chi connectivity index (χ3v) is 4.92.